The van der Waals surface area contributed by atoms with E-state index in [1.807, 2.05) is 30.3 Å². The fourth-order valence-corrected chi connectivity index (χ4v) is 5.69. The van der Waals surface area contributed by atoms with E-state index in [1.165, 1.54) is 0 Å². The van der Waals surface area contributed by atoms with Crippen LogP contribution in [0.1, 0.15) is 48.9 Å². The largest absolute Gasteiger partial charge is 0.632 e. The van der Waals surface area contributed by atoms with Gasteiger partial charge in [0.2, 0.25) is 5.91 Å². The number of anilines is 1. The number of quaternary nitrogens is 1. The number of nitrogens with one attached hydrogen (secondary N) is 1. The number of piperazine rings is 1. The summed E-state index contributed by atoms with van der Waals surface area (Å²) in [5.41, 5.74) is 10.4. The second-order valence-electron chi connectivity index (χ2n) is 10.5. The van der Waals surface area contributed by atoms with Gasteiger partial charge in [-0.05, 0) is 36.2 Å². The molecule has 198 valence electrons. The van der Waals surface area contributed by atoms with Gasteiger partial charge >= 0.3 is 0 Å². The van der Waals surface area contributed by atoms with E-state index in [4.69, 9.17) is 10.5 Å². The summed E-state index contributed by atoms with van der Waals surface area (Å²) >= 11 is 0. The third kappa shape index (κ3) is 5.65. The lowest BCUT2D eigenvalue weighted by atomic mass is 10.0. The van der Waals surface area contributed by atoms with E-state index < -0.39 is 16.6 Å². The molecule has 2 aromatic carbocycles. The summed E-state index contributed by atoms with van der Waals surface area (Å²) in [7, 11) is 0. The van der Waals surface area contributed by atoms with Crippen LogP contribution in [0.2, 0.25) is 0 Å². The van der Waals surface area contributed by atoms with Crippen LogP contribution in [0.3, 0.4) is 0 Å². The zero-order chi connectivity index (χ0) is 26.0. The minimum absolute atomic E-state index is 0.0391. The lowest BCUT2D eigenvalue weighted by molar-refractivity contribution is -0.916. The lowest BCUT2D eigenvalue weighted by Gasteiger charge is -2.45. The van der Waals surface area contributed by atoms with Crippen LogP contribution in [0.25, 0.3) is 0 Å². The minimum Gasteiger partial charge on any atom is -0.632 e. The molecule has 2 unspecified atom stereocenters. The van der Waals surface area contributed by atoms with Crippen molar-refractivity contribution < 1.29 is 19.0 Å². The SMILES string of the molecule is CC[C@@H](N)c1cccc(OCCN2CCN(c3ccc4c(c3)C[N+]([O-])(C3CCC(=O)NC3=O)C4)CC2)c1. The number of benzene rings is 2. The number of rotatable bonds is 8. The van der Waals surface area contributed by atoms with Crippen molar-refractivity contribution in [3.8, 4) is 5.75 Å². The Balaban J connectivity index is 1.12. The van der Waals surface area contributed by atoms with Gasteiger partial charge in [0.15, 0.2) is 6.04 Å². The Morgan fingerprint density at radius 1 is 1.11 bits per heavy atom. The summed E-state index contributed by atoms with van der Waals surface area (Å²) in [5, 5.41) is 15.9. The molecule has 5 rings (SSSR count). The molecule has 9 nitrogen and oxygen atoms in total. The van der Waals surface area contributed by atoms with E-state index in [9.17, 15) is 14.8 Å². The van der Waals surface area contributed by atoms with E-state index in [-0.39, 0.29) is 31.5 Å². The maximum absolute atomic E-state index is 13.6. The van der Waals surface area contributed by atoms with Gasteiger partial charge in [-0.15, -0.1) is 0 Å². The summed E-state index contributed by atoms with van der Waals surface area (Å²) in [6, 6.07) is 13.6. The molecular formula is C28H37N5O4. The van der Waals surface area contributed by atoms with Gasteiger partial charge in [-0.25, -0.2) is 0 Å². The van der Waals surface area contributed by atoms with Crippen molar-refractivity contribution in [2.75, 3.05) is 44.2 Å². The van der Waals surface area contributed by atoms with Gasteiger partial charge in [-0.1, -0.05) is 25.1 Å². The highest BCUT2D eigenvalue weighted by molar-refractivity contribution is 5.99. The van der Waals surface area contributed by atoms with Gasteiger partial charge in [0.05, 0.1) is 0 Å². The fraction of sp³-hybridized carbons (Fsp3) is 0.500. The molecule has 0 radical (unpaired) electrons. The molecule has 0 aliphatic carbocycles. The predicted molar refractivity (Wildman–Crippen MR) is 141 cm³/mol. The standard InChI is InChI=1S/C28H37N5O4/c1-2-25(29)20-4-3-5-24(17-20)37-15-14-31-10-12-32(13-11-31)23-7-6-21-18-33(36,19-22(21)16-23)26-8-9-27(34)30-28(26)35/h3-7,16-17,25-26H,2,8-15,18-19,29H2,1H3,(H,30,34,35)/t25-,26?,33?/m1/s1. The number of piperidine rings is 1. The number of nitrogens with two attached hydrogens (primary N) is 1. The third-order valence-electron chi connectivity index (χ3n) is 7.98. The maximum Gasteiger partial charge on any atom is 0.285 e. The van der Waals surface area contributed by atoms with Crippen molar-refractivity contribution in [2.24, 2.45) is 5.73 Å². The topological polar surface area (TPSA) is 111 Å². The smallest absolute Gasteiger partial charge is 0.285 e. The number of hydroxylamine groups is 3. The normalized spacial score (nSPS) is 25.1. The van der Waals surface area contributed by atoms with E-state index in [1.54, 1.807) is 0 Å². The highest BCUT2D eigenvalue weighted by Gasteiger charge is 2.43. The number of imide groups is 1. The highest BCUT2D eigenvalue weighted by Crippen LogP contribution is 2.36. The molecule has 2 saturated heterocycles. The second-order valence-corrected chi connectivity index (χ2v) is 10.5. The number of carbonyl (C=O) groups excluding carboxylic acids is 2. The molecule has 2 fully saturated rings. The molecule has 0 saturated carbocycles. The van der Waals surface area contributed by atoms with E-state index in [0.29, 0.717) is 13.0 Å². The molecule has 2 aromatic rings. The molecule has 2 amide bonds. The van der Waals surface area contributed by atoms with E-state index in [2.05, 4.69) is 34.2 Å². The lowest BCUT2D eigenvalue weighted by Crippen LogP contribution is -2.58. The third-order valence-corrected chi connectivity index (χ3v) is 7.98. The molecular weight excluding hydrogens is 470 g/mol. The molecule has 9 heteroatoms. The zero-order valence-corrected chi connectivity index (χ0v) is 21.5. The first-order valence-corrected chi connectivity index (χ1v) is 13.3. The van der Waals surface area contributed by atoms with Crippen LogP contribution < -0.4 is 20.7 Å². The Morgan fingerprint density at radius 3 is 2.65 bits per heavy atom. The number of amides is 2. The zero-order valence-electron chi connectivity index (χ0n) is 21.5. The van der Waals surface area contributed by atoms with Gasteiger partial charge in [0.25, 0.3) is 5.91 Å². The van der Waals surface area contributed by atoms with Crippen LogP contribution in [-0.4, -0.2) is 66.7 Å². The number of ether oxygens (including phenoxy) is 1. The van der Waals surface area contributed by atoms with Crippen LogP contribution in [0, 0.1) is 5.21 Å². The number of hydrogen-bond acceptors (Lipinski definition) is 7. The maximum atomic E-state index is 13.6. The molecule has 37 heavy (non-hydrogen) atoms. The second kappa shape index (κ2) is 10.8. The van der Waals surface area contributed by atoms with Crippen molar-refractivity contribution in [1.29, 1.82) is 0 Å². The quantitative estimate of drug-likeness (QED) is 0.321. The summed E-state index contributed by atoms with van der Waals surface area (Å²) < 4.78 is 5.40. The molecule has 0 spiro atoms. The number of carbonyl (C=O) groups is 2. The first-order valence-electron chi connectivity index (χ1n) is 13.3. The summed E-state index contributed by atoms with van der Waals surface area (Å²) in [4.78, 5) is 28.6. The molecule has 3 N–H and O–H groups in total. The Morgan fingerprint density at radius 2 is 1.89 bits per heavy atom. The van der Waals surface area contributed by atoms with Crippen LogP contribution in [0.15, 0.2) is 42.5 Å². The highest BCUT2D eigenvalue weighted by atomic mass is 16.5. The Kier molecular flexibility index (Phi) is 7.48. The number of fused-ring (bicyclic) bond motifs is 1. The van der Waals surface area contributed by atoms with Crippen molar-refractivity contribution in [2.45, 2.75) is 51.4 Å². The molecule has 3 atom stereocenters. The molecule has 3 heterocycles. The monoisotopic (exact) mass is 507 g/mol. The minimum atomic E-state index is -0.717. The first-order chi connectivity index (χ1) is 17.8. The van der Waals surface area contributed by atoms with Crippen LogP contribution in [0.4, 0.5) is 5.69 Å². The Labute approximate surface area is 218 Å². The average Bonchev–Trinajstić information content (AvgIpc) is 3.24. The predicted octanol–water partition coefficient (Wildman–Crippen LogP) is 2.43. The fourth-order valence-electron chi connectivity index (χ4n) is 5.69. The van der Waals surface area contributed by atoms with E-state index >= 15 is 0 Å². The number of nitrogens with zero attached hydrogens (tertiary/aromatic N) is 3. The molecule has 0 aromatic heterocycles. The summed E-state index contributed by atoms with van der Waals surface area (Å²) in [5.74, 6) is 0.142. The number of hydrogen-bond donors (Lipinski definition) is 2. The summed E-state index contributed by atoms with van der Waals surface area (Å²) in [6.07, 6.45) is 1.45. The molecule has 3 aliphatic rings. The van der Waals surface area contributed by atoms with Crippen molar-refractivity contribution in [3.63, 3.8) is 0 Å². The van der Waals surface area contributed by atoms with Crippen LogP contribution in [-0.2, 0) is 22.7 Å². The van der Waals surface area contributed by atoms with Gasteiger partial charge < -0.3 is 25.2 Å². The van der Waals surface area contributed by atoms with Gasteiger partial charge in [0, 0.05) is 68.4 Å². The molecule has 3 aliphatic heterocycles. The van der Waals surface area contributed by atoms with Crippen molar-refractivity contribution in [3.05, 3.63) is 64.4 Å². The Hall–Kier alpha value is -2.98. The average molecular weight is 508 g/mol. The first kappa shape index (κ1) is 25.7. The van der Waals surface area contributed by atoms with Crippen molar-refractivity contribution >= 4 is 17.5 Å². The van der Waals surface area contributed by atoms with Crippen LogP contribution >= 0.6 is 0 Å². The van der Waals surface area contributed by atoms with E-state index in [0.717, 1.165) is 67.3 Å². The molecule has 0 bridgehead atoms. The van der Waals surface area contributed by atoms with Gasteiger partial charge in [-0.2, -0.15) is 0 Å². The summed E-state index contributed by atoms with van der Waals surface area (Å²) in [6.45, 7) is 7.84. The van der Waals surface area contributed by atoms with Gasteiger partial charge in [0.1, 0.15) is 25.4 Å². The van der Waals surface area contributed by atoms with Crippen molar-refractivity contribution in [1.82, 2.24) is 10.2 Å². The van der Waals surface area contributed by atoms with Gasteiger partial charge in [-0.3, -0.25) is 19.8 Å². The van der Waals surface area contributed by atoms with Crippen LogP contribution in [0.5, 0.6) is 5.75 Å². The Bertz CT molecular complexity index is 1150.